The monoisotopic (exact) mass is 360 g/mol. The van der Waals surface area contributed by atoms with E-state index in [1.54, 1.807) is 6.20 Å². The normalized spacial score (nSPS) is 14.7. The van der Waals surface area contributed by atoms with Gasteiger partial charge in [0.1, 0.15) is 6.10 Å². The summed E-state index contributed by atoms with van der Waals surface area (Å²) in [6.07, 6.45) is 3.97. The molecule has 0 bridgehead atoms. The van der Waals surface area contributed by atoms with Gasteiger partial charge in [0.05, 0.1) is 0 Å². The number of aromatic nitrogens is 2. The first-order chi connectivity index (χ1) is 13.3. The number of nitrogens with one attached hydrogen (secondary N) is 2. The Labute approximate surface area is 159 Å². The van der Waals surface area contributed by atoms with Gasteiger partial charge in [0, 0.05) is 18.0 Å². The first-order valence-corrected chi connectivity index (χ1v) is 9.41. The Morgan fingerprint density at radius 2 is 1.81 bits per heavy atom. The number of anilines is 2. The maximum Gasteiger partial charge on any atom is 0.230 e. The van der Waals surface area contributed by atoms with Crippen LogP contribution in [-0.4, -0.2) is 29.2 Å². The number of nitrogens with zero attached hydrogens (tertiary/aromatic N) is 2. The van der Waals surface area contributed by atoms with Crippen molar-refractivity contribution in [3.05, 3.63) is 66.4 Å². The van der Waals surface area contributed by atoms with Crippen LogP contribution in [0.5, 0.6) is 5.88 Å². The maximum absolute atomic E-state index is 6.02. The van der Waals surface area contributed by atoms with E-state index in [1.165, 1.54) is 16.7 Å². The molecule has 5 nitrogen and oxygen atoms in total. The lowest BCUT2D eigenvalue weighted by Gasteiger charge is -2.23. The summed E-state index contributed by atoms with van der Waals surface area (Å²) < 4.78 is 6.02. The van der Waals surface area contributed by atoms with Crippen LogP contribution in [0.3, 0.4) is 0 Å². The molecular formula is C22H24N4O. The Balaban J connectivity index is 1.52. The number of hydrogen-bond acceptors (Lipinski definition) is 5. The lowest BCUT2D eigenvalue weighted by atomic mass is 10.0. The van der Waals surface area contributed by atoms with Crippen molar-refractivity contribution >= 4 is 11.6 Å². The zero-order valence-corrected chi connectivity index (χ0v) is 15.5. The first-order valence-electron chi connectivity index (χ1n) is 9.41. The summed E-state index contributed by atoms with van der Waals surface area (Å²) in [5, 5.41) is 6.66. The van der Waals surface area contributed by atoms with Gasteiger partial charge in [-0.15, -0.1) is 0 Å². The van der Waals surface area contributed by atoms with E-state index >= 15 is 0 Å². The summed E-state index contributed by atoms with van der Waals surface area (Å²) in [5.74, 6) is 1.17. The van der Waals surface area contributed by atoms with Gasteiger partial charge < -0.3 is 15.4 Å². The van der Waals surface area contributed by atoms with Gasteiger partial charge in [0.2, 0.25) is 11.8 Å². The fourth-order valence-corrected chi connectivity index (χ4v) is 3.33. The van der Waals surface area contributed by atoms with Crippen molar-refractivity contribution in [2.75, 3.05) is 18.4 Å². The molecule has 3 aromatic rings. The van der Waals surface area contributed by atoms with Crippen molar-refractivity contribution in [3.8, 4) is 17.0 Å². The molecule has 0 aliphatic carbocycles. The van der Waals surface area contributed by atoms with Crippen LogP contribution in [0.2, 0.25) is 0 Å². The first kappa shape index (κ1) is 17.5. The van der Waals surface area contributed by atoms with Gasteiger partial charge in [-0.25, -0.2) is 4.98 Å². The van der Waals surface area contributed by atoms with Gasteiger partial charge in [-0.2, -0.15) is 4.98 Å². The molecule has 0 radical (unpaired) electrons. The van der Waals surface area contributed by atoms with Crippen LogP contribution in [0.1, 0.15) is 18.4 Å². The van der Waals surface area contributed by atoms with Crippen LogP contribution in [-0.2, 0) is 0 Å². The summed E-state index contributed by atoms with van der Waals surface area (Å²) in [6, 6.07) is 18.6. The third kappa shape index (κ3) is 4.63. The minimum atomic E-state index is 0.220. The number of rotatable bonds is 5. The van der Waals surface area contributed by atoms with Gasteiger partial charge in [0.25, 0.3) is 0 Å². The molecule has 0 spiro atoms. The topological polar surface area (TPSA) is 59.1 Å². The van der Waals surface area contributed by atoms with E-state index in [1.807, 2.05) is 12.1 Å². The number of benzene rings is 2. The maximum atomic E-state index is 6.02. The van der Waals surface area contributed by atoms with Gasteiger partial charge >= 0.3 is 0 Å². The molecule has 1 aliphatic heterocycles. The summed E-state index contributed by atoms with van der Waals surface area (Å²) in [4.78, 5) is 8.87. The molecule has 4 rings (SSSR count). The molecule has 2 aromatic carbocycles. The van der Waals surface area contributed by atoms with E-state index in [0.29, 0.717) is 11.8 Å². The number of hydrogen-bond donors (Lipinski definition) is 2. The second-order valence-electron chi connectivity index (χ2n) is 6.86. The van der Waals surface area contributed by atoms with Crippen LogP contribution in [0.15, 0.2) is 60.8 Å². The molecule has 1 aliphatic rings. The zero-order valence-electron chi connectivity index (χ0n) is 15.5. The zero-order chi connectivity index (χ0) is 18.5. The Kier molecular flexibility index (Phi) is 5.30. The van der Waals surface area contributed by atoms with E-state index in [9.17, 15) is 0 Å². The molecule has 138 valence electrons. The molecule has 27 heavy (non-hydrogen) atoms. The Morgan fingerprint density at radius 1 is 1.00 bits per heavy atom. The second kappa shape index (κ2) is 8.18. The Bertz CT molecular complexity index is 892. The average molecular weight is 360 g/mol. The van der Waals surface area contributed by atoms with Crippen molar-refractivity contribution in [2.45, 2.75) is 25.9 Å². The van der Waals surface area contributed by atoms with Crippen molar-refractivity contribution in [1.29, 1.82) is 0 Å². The lowest BCUT2D eigenvalue weighted by molar-refractivity contribution is 0.156. The van der Waals surface area contributed by atoms with Crippen LogP contribution in [0, 0.1) is 6.92 Å². The minimum absolute atomic E-state index is 0.220. The third-order valence-electron chi connectivity index (χ3n) is 4.64. The number of aryl methyl sites for hydroxylation is 1. The quantitative estimate of drug-likeness (QED) is 0.709. The number of piperidine rings is 1. The molecule has 0 unspecified atom stereocenters. The smallest absolute Gasteiger partial charge is 0.230 e. The fourth-order valence-electron chi connectivity index (χ4n) is 3.33. The summed E-state index contributed by atoms with van der Waals surface area (Å²) in [6.45, 7) is 4.08. The van der Waals surface area contributed by atoms with Gasteiger partial charge in [0.15, 0.2) is 0 Å². The largest absolute Gasteiger partial charge is 0.474 e. The third-order valence-corrected chi connectivity index (χ3v) is 4.64. The van der Waals surface area contributed by atoms with Gasteiger partial charge in [-0.05, 0) is 61.7 Å². The number of ether oxygens (including phenoxy) is 1. The van der Waals surface area contributed by atoms with Crippen molar-refractivity contribution < 1.29 is 4.74 Å². The van der Waals surface area contributed by atoms with Crippen molar-refractivity contribution in [3.63, 3.8) is 0 Å². The summed E-state index contributed by atoms with van der Waals surface area (Å²) in [7, 11) is 0. The Morgan fingerprint density at radius 3 is 2.63 bits per heavy atom. The van der Waals surface area contributed by atoms with Crippen molar-refractivity contribution in [1.82, 2.24) is 15.3 Å². The predicted octanol–water partition coefficient (Wildman–Crippen LogP) is 4.33. The molecule has 1 saturated heterocycles. The highest BCUT2D eigenvalue weighted by Crippen LogP contribution is 2.26. The van der Waals surface area contributed by atoms with Crippen molar-refractivity contribution in [2.24, 2.45) is 0 Å². The van der Waals surface area contributed by atoms with E-state index in [-0.39, 0.29) is 6.10 Å². The molecule has 2 heterocycles. The van der Waals surface area contributed by atoms with Crippen LogP contribution in [0.25, 0.3) is 11.1 Å². The lowest BCUT2D eigenvalue weighted by Crippen LogP contribution is -2.34. The van der Waals surface area contributed by atoms with E-state index in [0.717, 1.165) is 31.6 Å². The summed E-state index contributed by atoms with van der Waals surface area (Å²) >= 11 is 0. The molecule has 0 atom stereocenters. The SMILES string of the molecule is Cc1cc(Nc2nccc(OC3CCNCC3)n2)cc(-c2ccccc2)c1. The minimum Gasteiger partial charge on any atom is -0.474 e. The fraction of sp³-hybridized carbons (Fsp3) is 0.273. The molecule has 0 amide bonds. The van der Waals surface area contributed by atoms with E-state index in [4.69, 9.17) is 4.74 Å². The van der Waals surface area contributed by atoms with Crippen LogP contribution < -0.4 is 15.4 Å². The highest BCUT2D eigenvalue weighted by Gasteiger charge is 2.15. The molecule has 2 N–H and O–H groups in total. The standard InChI is InChI=1S/C22H24N4O/c1-16-13-18(17-5-3-2-4-6-17)15-19(14-16)25-22-24-12-9-21(26-22)27-20-7-10-23-11-8-20/h2-6,9,12-15,20,23H,7-8,10-11H2,1H3,(H,24,25,26). The van der Waals surface area contributed by atoms with Gasteiger partial charge in [-0.1, -0.05) is 36.4 Å². The Hall–Kier alpha value is -2.92. The highest BCUT2D eigenvalue weighted by molar-refractivity contribution is 5.70. The van der Waals surface area contributed by atoms with Gasteiger partial charge in [-0.3, -0.25) is 0 Å². The predicted molar refractivity (Wildman–Crippen MR) is 108 cm³/mol. The van der Waals surface area contributed by atoms with E-state index in [2.05, 4.69) is 70.0 Å². The molecular weight excluding hydrogens is 336 g/mol. The molecule has 0 saturated carbocycles. The van der Waals surface area contributed by atoms with Crippen LogP contribution >= 0.6 is 0 Å². The molecule has 1 aromatic heterocycles. The highest BCUT2D eigenvalue weighted by atomic mass is 16.5. The summed E-state index contributed by atoms with van der Waals surface area (Å²) in [5.41, 5.74) is 4.50. The van der Waals surface area contributed by atoms with E-state index < -0.39 is 0 Å². The van der Waals surface area contributed by atoms with Crippen LogP contribution in [0.4, 0.5) is 11.6 Å². The molecule has 5 heteroatoms. The second-order valence-corrected chi connectivity index (χ2v) is 6.86. The molecule has 1 fully saturated rings. The average Bonchev–Trinajstić information content (AvgIpc) is 2.69.